The number of nitrogens with zero attached hydrogens (tertiary/aromatic N) is 4. The Labute approximate surface area is 158 Å². The molecule has 0 spiro atoms. The van der Waals surface area contributed by atoms with Gasteiger partial charge < -0.3 is 9.88 Å². The molecule has 1 amide bonds. The van der Waals surface area contributed by atoms with E-state index < -0.39 is 0 Å². The second kappa shape index (κ2) is 7.79. The van der Waals surface area contributed by atoms with Crippen molar-refractivity contribution in [2.24, 2.45) is 7.05 Å². The average Bonchev–Trinajstić information content (AvgIpc) is 2.97. The van der Waals surface area contributed by atoms with Crippen molar-refractivity contribution in [3.63, 3.8) is 0 Å². The Balaban J connectivity index is 1.64. The van der Waals surface area contributed by atoms with Crippen LogP contribution in [0.15, 0.2) is 52.4 Å². The van der Waals surface area contributed by atoms with E-state index in [0.717, 1.165) is 27.1 Å². The zero-order valence-electron chi connectivity index (χ0n) is 13.7. The maximum atomic E-state index is 12.2. The number of carbonyl (C=O) groups is 1. The number of amides is 1. The van der Waals surface area contributed by atoms with Gasteiger partial charge in [0.05, 0.1) is 5.75 Å². The minimum Gasteiger partial charge on any atom is -0.325 e. The second-order valence-electron chi connectivity index (χ2n) is 5.40. The molecule has 1 aromatic carbocycles. The average molecular weight is 418 g/mol. The van der Waals surface area contributed by atoms with Crippen LogP contribution in [0.1, 0.15) is 5.56 Å². The van der Waals surface area contributed by atoms with Crippen LogP contribution < -0.4 is 5.32 Å². The Bertz CT molecular complexity index is 897. The van der Waals surface area contributed by atoms with Gasteiger partial charge >= 0.3 is 0 Å². The van der Waals surface area contributed by atoms with E-state index in [9.17, 15) is 4.79 Å². The molecule has 0 bridgehead atoms. The van der Waals surface area contributed by atoms with Crippen LogP contribution in [-0.2, 0) is 11.8 Å². The van der Waals surface area contributed by atoms with Gasteiger partial charge in [-0.15, -0.1) is 10.2 Å². The number of benzene rings is 1. The van der Waals surface area contributed by atoms with Crippen LogP contribution in [0, 0.1) is 6.92 Å². The number of aromatic nitrogens is 4. The first-order chi connectivity index (χ1) is 12.0. The molecule has 0 unspecified atom stereocenters. The van der Waals surface area contributed by atoms with Gasteiger partial charge in [-0.05, 0) is 42.8 Å². The van der Waals surface area contributed by atoms with Crippen molar-refractivity contribution in [3.8, 4) is 11.4 Å². The quantitative estimate of drug-likeness (QED) is 0.640. The largest absolute Gasteiger partial charge is 0.325 e. The molecule has 0 aliphatic carbocycles. The predicted octanol–water partition coefficient (Wildman–Crippen LogP) is 3.68. The summed E-state index contributed by atoms with van der Waals surface area (Å²) >= 11 is 4.77. The Morgan fingerprint density at radius 3 is 2.72 bits per heavy atom. The third kappa shape index (κ3) is 4.26. The topological polar surface area (TPSA) is 72.7 Å². The van der Waals surface area contributed by atoms with E-state index in [2.05, 4.69) is 36.4 Å². The predicted molar refractivity (Wildman–Crippen MR) is 102 cm³/mol. The van der Waals surface area contributed by atoms with E-state index in [1.165, 1.54) is 11.8 Å². The highest BCUT2D eigenvalue weighted by Crippen LogP contribution is 2.23. The fourth-order valence-electron chi connectivity index (χ4n) is 2.28. The Kier molecular flexibility index (Phi) is 5.50. The zero-order valence-corrected chi connectivity index (χ0v) is 16.1. The highest BCUT2D eigenvalue weighted by Gasteiger charge is 2.13. The summed E-state index contributed by atoms with van der Waals surface area (Å²) in [5.74, 6) is 0.926. The summed E-state index contributed by atoms with van der Waals surface area (Å²) in [6.07, 6.45) is 3.43. The molecule has 2 heterocycles. The molecule has 6 nitrogen and oxygen atoms in total. The highest BCUT2D eigenvalue weighted by molar-refractivity contribution is 9.10. The van der Waals surface area contributed by atoms with Crippen LogP contribution >= 0.6 is 27.7 Å². The molecule has 8 heteroatoms. The van der Waals surface area contributed by atoms with Crippen LogP contribution in [0.25, 0.3) is 11.4 Å². The third-order valence-electron chi connectivity index (χ3n) is 3.57. The van der Waals surface area contributed by atoms with Crippen molar-refractivity contribution in [1.29, 1.82) is 0 Å². The molecule has 3 aromatic rings. The fourth-order valence-corrected chi connectivity index (χ4v) is 3.46. The zero-order chi connectivity index (χ0) is 17.8. The monoisotopic (exact) mass is 417 g/mol. The SMILES string of the molecule is Cc1cc(Br)ccc1NC(=O)CSc1nnc(-c2ccncc2)n1C. The van der Waals surface area contributed by atoms with E-state index in [4.69, 9.17) is 0 Å². The lowest BCUT2D eigenvalue weighted by Gasteiger charge is -2.08. The molecular weight excluding hydrogens is 402 g/mol. The third-order valence-corrected chi connectivity index (χ3v) is 5.08. The van der Waals surface area contributed by atoms with Gasteiger partial charge in [-0.1, -0.05) is 27.7 Å². The number of pyridine rings is 1. The van der Waals surface area contributed by atoms with Gasteiger partial charge in [0.2, 0.25) is 5.91 Å². The lowest BCUT2D eigenvalue weighted by atomic mass is 10.2. The summed E-state index contributed by atoms with van der Waals surface area (Å²) in [5, 5.41) is 12.0. The van der Waals surface area contributed by atoms with Crippen molar-refractivity contribution < 1.29 is 4.79 Å². The maximum absolute atomic E-state index is 12.2. The Morgan fingerprint density at radius 2 is 2.00 bits per heavy atom. The first-order valence-corrected chi connectivity index (χ1v) is 9.31. The number of rotatable bonds is 5. The van der Waals surface area contributed by atoms with Gasteiger partial charge in [-0.25, -0.2) is 0 Å². The number of aryl methyl sites for hydroxylation is 1. The van der Waals surface area contributed by atoms with Gasteiger partial charge in [-0.3, -0.25) is 9.78 Å². The molecule has 0 fully saturated rings. The highest BCUT2D eigenvalue weighted by atomic mass is 79.9. The normalized spacial score (nSPS) is 10.7. The lowest BCUT2D eigenvalue weighted by molar-refractivity contribution is -0.113. The molecule has 0 atom stereocenters. The van der Waals surface area contributed by atoms with E-state index in [0.29, 0.717) is 5.16 Å². The Hall–Kier alpha value is -2.19. The molecule has 0 saturated carbocycles. The second-order valence-corrected chi connectivity index (χ2v) is 7.26. The summed E-state index contributed by atoms with van der Waals surface area (Å²) in [5.41, 5.74) is 2.75. The number of carbonyl (C=O) groups excluding carboxylic acids is 1. The molecule has 1 N–H and O–H groups in total. The lowest BCUT2D eigenvalue weighted by Crippen LogP contribution is -2.15. The smallest absolute Gasteiger partial charge is 0.234 e. The molecule has 0 aliphatic heterocycles. The molecule has 0 aliphatic rings. The standard InChI is InChI=1S/C17H16BrN5OS/c1-11-9-13(18)3-4-14(11)20-15(24)10-25-17-22-21-16(23(17)2)12-5-7-19-8-6-12/h3-9H,10H2,1-2H3,(H,20,24). The fraction of sp³-hybridized carbons (Fsp3) is 0.176. The minimum atomic E-state index is -0.0797. The van der Waals surface area contributed by atoms with Gasteiger partial charge in [0, 0.05) is 35.2 Å². The van der Waals surface area contributed by atoms with E-state index in [1.54, 1.807) is 12.4 Å². The van der Waals surface area contributed by atoms with Crippen molar-refractivity contribution in [3.05, 3.63) is 52.8 Å². The molecule has 3 rings (SSSR count). The van der Waals surface area contributed by atoms with Crippen LogP contribution in [0.3, 0.4) is 0 Å². The van der Waals surface area contributed by atoms with E-state index in [-0.39, 0.29) is 11.7 Å². The molecule has 2 aromatic heterocycles. The maximum Gasteiger partial charge on any atom is 0.234 e. The van der Waals surface area contributed by atoms with E-state index in [1.807, 2.05) is 48.9 Å². The minimum absolute atomic E-state index is 0.0797. The van der Waals surface area contributed by atoms with Crippen LogP contribution in [0.4, 0.5) is 5.69 Å². The molecule has 128 valence electrons. The van der Waals surface area contributed by atoms with Gasteiger partial charge in [0.25, 0.3) is 0 Å². The molecule has 25 heavy (non-hydrogen) atoms. The van der Waals surface area contributed by atoms with E-state index >= 15 is 0 Å². The summed E-state index contributed by atoms with van der Waals surface area (Å²) in [7, 11) is 1.88. The van der Waals surface area contributed by atoms with Crippen LogP contribution in [0.2, 0.25) is 0 Å². The summed E-state index contributed by atoms with van der Waals surface area (Å²) in [6.45, 7) is 1.96. The van der Waals surface area contributed by atoms with Crippen molar-refractivity contribution in [2.75, 3.05) is 11.1 Å². The van der Waals surface area contributed by atoms with Crippen molar-refractivity contribution in [2.45, 2.75) is 12.1 Å². The van der Waals surface area contributed by atoms with Gasteiger partial charge in [-0.2, -0.15) is 0 Å². The van der Waals surface area contributed by atoms with Gasteiger partial charge in [0.15, 0.2) is 11.0 Å². The number of anilines is 1. The number of thioether (sulfide) groups is 1. The first-order valence-electron chi connectivity index (χ1n) is 7.53. The van der Waals surface area contributed by atoms with Crippen LogP contribution in [-0.4, -0.2) is 31.4 Å². The molecule has 0 saturated heterocycles. The Morgan fingerprint density at radius 1 is 1.24 bits per heavy atom. The number of hydrogen-bond acceptors (Lipinski definition) is 5. The first kappa shape index (κ1) is 17.6. The summed E-state index contributed by atoms with van der Waals surface area (Å²) < 4.78 is 2.86. The molecular formula is C17H16BrN5OS. The van der Waals surface area contributed by atoms with Crippen molar-refractivity contribution in [1.82, 2.24) is 19.7 Å². The van der Waals surface area contributed by atoms with Crippen molar-refractivity contribution >= 4 is 39.3 Å². The van der Waals surface area contributed by atoms with Crippen LogP contribution in [0.5, 0.6) is 0 Å². The van der Waals surface area contributed by atoms with Gasteiger partial charge in [0.1, 0.15) is 0 Å². The summed E-state index contributed by atoms with van der Waals surface area (Å²) in [4.78, 5) is 16.2. The number of nitrogens with one attached hydrogen (secondary N) is 1. The molecule has 0 radical (unpaired) electrons. The summed E-state index contributed by atoms with van der Waals surface area (Å²) in [6, 6.07) is 9.50. The number of hydrogen-bond donors (Lipinski definition) is 1. The number of halogens is 1.